The molecule has 3 N–H and O–H groups in total. The third kappa shape index (κ3) is 3.58. The molecule has 0 spiro atoms. The Labute approximate surface area is 97.0 Å². The minimum absolute atomic E-state index is 0.0688. The third-order valence-electron chi connectivity index (χ3n) is 2.60. The predicted octanol–water partition coefficient (Wildman–Crippen LogP) is 3.07. The molecule has 1 aromatic rings. The van der Waals surface area contributed by atoms with Gasteiger partial charge in [0, 0.05) is 6.04 Å². The van der Waals surface area contributed by atoms with Crippen LogP contribution < -0.4 is 11.3 Å². The summed E-state index contributed by atoms with van der Waals surface area (Å²) in [5, 5.41) is 0. The second kappa shape index (κ2) is 4.93. The van der Waals surface area contributed by atoms with Crippen molar-refractivity contribution >= 4 is 0 Å². The molecule has 0 fully saturated rings. The lowest BCUT2D eigenvalue weighted by molar-refractivity contribution is 0.313. The first-order valence-electron chi connectivity index (χ1n) is 5.55. The van der Waals surface area contributed by atoms with Crippen LogP contribution in [0.2, 0.25) is 0 Å². The summed E-state index contributed by atoms with van der Waals surface area (Å²) in [6.45, 7) is 8.25. The van der Waals surface area contributed by atoms with E-state index in [1.54, 1.807) is 13.0 Å². The van der Waals surface area contributed by atoms with Crippen molar-refractivity contribution in [3.05, 3.63) is 35.1 Å². The van der Waals surface area contributed by atoms with Crippen molar-refractivity contribution in [2.75, 3.05) is 0 Å². The number of hydrogen-bond donors (Lipinski definition) is 2. The van der Waals surface area contributed by atoms with E-state index in [0.717, 1.165) is 12.0 Å². The van der Waals surface area contributed by atoms with Gasteiger partial charge >= 0.3 is 0 Å². The van der Waals surface area contributed by atoms with Crippen LogP contribution >= 0.6 is 0 Å². The first-order valence-corrected chi connectivity index (χ1v) is 5.55. The van der Waals surface area contributed by atoms with E-state index in [-0.39, 0.29) is 17.3 Å². The second-order valence-corrected chi connectivity index (χ2v) is 5.49. The zero-order valence-electron chi connectivity index (χ0n) is 10.5. The van der Waals surface area contributed by atoms with Crippen molar-refractivity contribution in [2.45, 2.75) is 40.2 Å². The number of hydrazine groups is 1. The van der Waals surface area contributed by atoms with Crippen LogP contribution in [0, 0.1) is 18.2 Å². The molecule has 0 heterocycles. The van der Waals surface area contributed by atoms with Crippen LogP contribution in [0.4, 0.5) is 4.39 Å². The van der Waals surface area contributed by atoms with Crippen molar-refractivity contribution in [3.63, 3.8) is 0 Å². The van der Waals surface area contributed by atoms with E-state index in [4.69, 9.17) is 5.84 Å². The lowest BCUT2D eigenvalue weighted by Gasteiger charge is -2.26. The Balaban J connectivity index is 2.91. The topological polar surface area (TPSA) is 38.0 Å². The van der Waals surface area contributed by atoms with Crippen LogP contribution in [-0.2, 0) is 0 Å². The summed E-state index contributed by atoms with van der Waals surface area (Å²) in [6, 6.07) is 5.21. The molecular weight excluding hydrogens is 203 g/mol. The number of halogens is 1. The molecule has 0 bridgehead atoms. The van der Waals surface area contributed by atoms with Gasteiger partial charge in [0.25, 0.3) is 0 Å². The maximum Gasteiger partial charge on any atom is 0.126 e. The number of nitrogens with two attached hydrogens (primary N) is 1. The monoisotopic (exact) mass is 224 g/mol. The summed E-state index contributed by atoms with van der Waals surface area (Å²) >= 11 is 0. The van der Waals surface area contributed by atoms with E-state index >= 15 is 0 Å². The largest absolute Gasteiger partial charge is 0.271 e. The molecule has 2 nitrogen and oxygen atoms in total. The van der Waals surface area contributed by atoms with Gasteiger partial charge in [-0.2, -0.15) is 0 Å². The maximum absolute atomic E-state index is 13.2. The number of nitrogens with one attached hydrogen (secondary N) is 1. The van der Waals surface area contributed by atoms with Crippen LogP contribution in [0.1, 0.15) is 44.4 Å². The van der Waals surface area contributed by atoms with E-state index in [1.165, 1.54) is 6.07 Å². The third-order valence-corrected chi connectivity index (χ3v) is 2.60. The van der Waals surface area contributed by atoms with E-state index in [2.05, 4.69) is 26.2 Å². The van der Waals surface area contributed by atoms with Gasteiger partial charge in [-0.05, 0) is 36.0 Å². The van der Waals surface area contributed by atoms with Crippen molar-refractivity contribution in [3.8, 4) is 0 Å². The van der Waals surface area contributed by atoms with Gasteiger partial charge in [-0.3, -0.25) is 11.3 Å². The van der Waals surface area contributed by atoms with Gasteiger partial charge in [0.15, 0.2) is 0 Å². The summed E-state index contributed by atoms with van der Waals surface area (Å²) in [5.41, 5.74) is 4.68. The second-order valence-electron chi connectivity index (χ2n) is 5.49. The average Bonchev–Trinajstić information content (AvgIpc) is 2.17. The summed E-state index contributed by atoms with van der Waals surface area (Å²) in [6.07, 6.45) is 0.911. The van der Waals surface area contributed by atoms with E-state index in [9.17, 15) is 4.39 Å². The Morgan fingerprint density at radius 1 is 1.38 bits per heavy atom. The molecule has 0 aromatic heterocycles. The average molecular weight is 224 g/mol. The maximum atomic E-state index is 13.2. The Bertz CT molecular complexity index is 355. The van der Waals surface area contributed by atoms with Gasteiger partial charge in [-0.15, -0.1) is 0 Å². The molecule has 0 amide bonds. The van der Waals surface area contributed by atoms with Crippen LogP contribution in [-0.4, -0.2) is 0 Å². The predicted molar refractivity (Wildman–Crippen MR) is 65.3 cm³/mol. The van der Waals surface area contributed by atoms with Crippen LogP contribution in [0.5, 0.6) is 0 Å². The fourth-order valence-corrected chi connectivity index (χ4v) is 1.77. The van der Waals surface area contributed by atoms with Gasteiger partial charge in [0.1, 0.15) is 5.82 Å². The molecule has 0 saturated carbocycles. The standard InChI is InChI=1S/C13H21FN2/c1-9-7-10(5-6-11(9)14)12(16-15)8-13(2,3)4/h5-7,12,16H,8,15H2,1-4H3. The van der Waals surface area contributed by atoms with Crippen LogP contribution in [0.15, 0.2) is 18.2 Å². The van der Waals surface area contributed by atoms with E-state index in [1.807, 2.05) is 6.07 Å². The lowest BCUT2D eigenvalue weighted by Crippen LogP contribution is -2.31. The number of rotatable bonds is 3. The van der Waals surface area contributed by atoms with E-state index < -0.39 is 0 Å². The van der Waals surface area contributed by atoms with Gasteiger partial charge in [0.2, 0.25) is 0 Å². The van der Waals surface area contributed by atoms with Gasteiger partial charge < -0.3 is 0 Å². The molecule has 3 heteroatoms. The van der Waals surface area contributed by atoms with Crippen LogP contribution in [0.3, 0.4) is 0 Å². The van der Waals surface area contributed by atoms with Crippen molar-refractivity contribution in [1.29, 1.82) is 0 Å². The van der Waals surface area contributed by atoms with Gasteiger partial charge in [-0.25, -0.2) is 4.39 Å². The van der Waals surface area contributed by atoms with Gasteiger partial charge in [0.05, 0.1) is 0 Å². The fraction of sp³-hybridized carbons (Fsp3) is 0.538. The molecule has 0 saturated heterocycles. The summed E-state index contributed by atoms with van der Waals surface area (Å²) in [4.78, 5) is 0. The zero-order valence-corrected chi connectivity index (χ0v) is 10.5. The molecule has 1 aromatic carbocycles. The molecule has 0 aliphatic heterocycles. The lowest BCUT2D eigenvalue weighted by atomic mass is 9.85. The highest BCUT2D eigenvalue weighted by molar-refractivity contribution is 5.26. The smallest absolute Gasteiger partial charge is 0.126 e. The van der Waals surface area contributed by atoms with Crippen molar-refractivity contribution < 1.29 is 4.39 Å². The highest BCUT2D eigenvalue weighted by Gasteiger charge is 2.19. The molecule has 0 aliphatic carbocycles. The summed E-state index contributed by atoms with van der Waals surface area (Å²) in [5.74, 6) is 5.39. The minimum Gasteiger partial charge on any atom is -0.271 e. The molecule has 1 atom stereocenters. The Kier molecular flexibility index (Phi) is 4.05. The molecular formula is C13H21FN2. The normalized spacial score (nSPS) is 13.9. The number of aryl methyl sites for hydroxylation is 1. The fourth-order valence-electron chi connectivity index (χ4n) is 1.77. The Morgan fingerprint density at radius 3 is 2.44 bits per heavy atom. The molecule has 0 radical (unpaired) electrons. The van der Waals surface area contributed by atoms with Crippen LogP contribution in [0.25, 0.3) is 0 Å². The first kappa shape index (κ1) is 13.1. The van der Waals surface area contributed by atoms with Gasteiger partial charge in [-0.1, -0.05) is 32.9 Å². The van der Waals surface area contributed by atoms with Crippen molar-refractivity contribution in [1.82, 2.24) is 5.43 Å². The molecule has 16 heavy (non-hydrogen) atoms. The highest BCUT2D eigenvalue weighted by atomic mass is 19.1. The molecule has 1 unspecified atom stereocenters. The molecule has 1 rings (SSSR count). The quantitative estimate of drug-likeness (QED) is 0.611. The zero-order chi connectivity index (χ0) is 12.3. The van der Waals surface area contributed by atoms with E-state index in [0.29, 0.717) is 5.56 Å². The van der Waals surface area contributed by atoms with Crippen molar-refractivity contribution in [2.24, 2.45) is 11.3 Å². The number of hydrogen-bond acceptors (Lipinski definition) is 2. The summed E-state index contributed by atoms with van der Waals surface area (Å²) < 4.78 is 13.2. The Morgan fingerprint density at radius 2 is 2.00 bits per heavy atom. The number of benzene rings is 1. The first-order chi connectivity index (χ1) is 7.33. The Hall–Kier alpha value is -0.930. The molecule has 90 valence electrons. The summed E-state index contributed by atoms with van der Waals surface area (Å²) in [7, 11) is 0. The SMILES string of the molecule is Cc1cc(C(CC(C)(C)C)NN)ccc1F. The molecule has 0 aliphatic rings. The highest BCUT2D eigenvalue weighted by Crippen LogP contribution is 2.29. The minimum atomic E-state index is -0.171.